The van der Waals surface area contributed by atoms with E-state index < -0.39 is 0 Å². The molecule has 0 unspecified atom stereocenters. The lowest BCUT2D eigenvalue weighted by Crippen LogP contribution is -2.00. The van der Waals surface area contributed by atoms with Gasteiger partial charge in [-0.3, -0.25) is 4.40 Å². The number of hydrogen-bond acceptors (Lipinski definition) is 5. The number of imidazole rings is 1. The molecule has 0 amide bonds. The Morgan fingerprint density at radius 1 is 0.277 bits per heavy atom. The number of para-hydroxylation sites is 1. The van der Waals surface area contributed by atoms with Crippen molar-refractivity contribution in [2.75, 3.05) is 0 Å². The van der Waals surface area contributed by atoms with Crippen molar-refractivity contribution in [1.82, 2.24) is 29.3 Å². The van der Waals surface area contributed by atoms with Crippen LogP contribution in [0.15, 0.2) is 231 Å². The van der Waals surface area contributed by atoms with Crippen molar-refractivity contribution < 1.29 is 0 Å². The van der Waals surface area contributed by atoms with E-state index in [-0.39, 0.29) is 0 Å². The van der Waals surface area contributed by atoms with Gasteiger partial charge in [0.15, 0.2) is 17.5 Å². The molecule has 0 saturated carbocycles. The third-order valence-electron chi connectivity index (χ3n) is 12.1. The van der Waals surface area contributed by atoms with Gasteiger partial charge >= 0.3 is 0 Å². The average Bonchev–Trinajstić information content (AvgIpc) is 3.79. The molecule has 65 heavy (non-hydrogen) atoms. The van der Waals surface area contributed by atoms with Crippen molar-refractivity contribution in [3.63, 3.8) is 0 Å². The van der Waals surface area contributed by atoms with Gasteiger partial charge in [-0.25, -0.2) is 24.9 Å². The van der Waals surface area contributed by atoms with Crippen LogP contribution in [0.1, 0.15) is 0 Å². The van der Waals surface area contributed by atoms with E-state index in [0.717, 1.165) is 100 Å². The van der Waals surface area contributed by atoms with Crippen molar-refractivity contribution in [1.29, 1.82) is 0 Å². The van der Waals surface area contributed by atoms with E-state index in [1.807, 2.05) is 24.3 Å². The second kappa shape index (κ2) is 16.1. The van der Waals surface area contributed by atoms with Gasteiger partial charge in [-0.2, -0.15) is 0 Å². The SMILES string of the molecule is c1ccc(-c2cccc(-c3nc(-c4ccc(-c5nc6ccccc6c6c5ccn5c(-c7ccccc7)c(-c7ccccc7)nc65)cc4)nc(-c4cccc(-c5ccccc5)c4)n3)c2)cc1. The fourth-order valence-corrected chi connectivity index (χ4v) is 8.90. The molecule has 0 bridgehead atoms. The number of fused-ring (bicyclic) bond motifs is 5. The third-order valence-corrected chi connectivity index (χ3v) is 12.1. The first-order chi connectivity index (χ1) is 32.2. The molecule has 0 fully saturated rings. The molecule has 0 radical (unpaired) electrons. The van der Waals surface area contributed by atoms with Gasteiger partial charge in [0.2, 0.25) is 0 Å². The highest BCUT2D eigenvalue weighted by atomic mass is 15.0. The number of hydrogen-bond donors (Lipinski definition) is 0. The molecule has 4 heterocycles. The number of benzene rings is 8. The molecular weight excluding hydrogens is 793 g/mol. The van der Waals surface area contributed by atoms with Gasteiger partial charge in [-0.05, 0) is 46.5 Å². The zero-order chi connectivity index (χ0) is 43.1. The summed E-state index contributed by atoms with van der Waals surface area (Å²) in [5.74, 6) is 1.80. The van der Waals surface area contributed by atoms with Crippen LogP contribution in [0.5, 0.6) is 0 Å². The van der Waals surface area contributed by atoms with Crippen molar-refractivity contribution in [2.45, 2.75) is 0 Å². The molecule has 0 spiro atoms. The molecule has 6 nitrogen and oxygen atoms in total. The lowest BCUT2D eigenvalue weighted by Gasteiger charge is -2.13. The Hall–Kier alpha value is -8.87. The standard InChI is InChI=1S/C59H38N6/c1-5-17-39(18-6-1)45-25-15-27-47(37-45)57-62-56(63-58(64-57)48-28-16-26-46(38-48)40-19-7-2-8-20-40)44-33-31-42(32-34-44)53-50-35-36-65-55(43-23-11-4-12-24-43)54(41-21-9-3-10-22-41)61-59(65)52(50)49-29-13-14-30-51(49)60-53/h1-38H. The highest BCUT2D eigenvalue weighted by Gasteiger charge is 2.21. The lowest BCUT2D eigenvalue weighted by atomic mass is 10.00. The largest absolute Gasteiger partial charge is 0.298 e. The first-order valence-electron chi connectivity index (χ1n) is 21.7. The fourth-order valence-electron chi connectivity index (χ4n) is 8.90. The molecule has 0 saturated heterocycles. The summed E-state index contributed by atoms with van der Waals surface area (Å²) >= 11 is 0. The van der Waals surface area contributed by atoms with E-state index in [2.05, 4.69) is 211 Å². The smallest absolute Gasteiger partial charge is 0.164 e. The molecular formula is C59H38N6. The molecule has 0 atom stereocenters. The monoisotopic (exact) mass is 830 g/mol. The second-order valence-electron chi connectivity index (χ2n) is 16.1. The zero-order valence-electron chi connectivity index (χ0n) is 35.1. The van der Waals surface area contributed by atoms with E-state index in [4.69, 9.17) is 24.9 Å². The van der Waals surface area contributed by atoms with Crippen LogP contribution < -0.4 is 0 Å². The Kier molecular flexibility index (Phi) is 9.38. The van der Waals surface area contributed by atoms with Crippen LogP contribution in [-0.4, -0.2) is 29.3 Å². The second-order valence-corrected chi connectivity index (χ2v) is 16.1. The summed E-state index contributed by atoms with van der Waals surface area (Å²) in [4.78, 5) is 26.2. The molecule has 6 heteroatoms. The fraction of sp³-hybridized carbons (Fsp3) is 0. The molecule has 8 aromatic carbocycles. The lowest BCUT2D eigenvalue weighted by molar-refractivity contribution is 1.07. The highest BCUT2D eigenvalue weighted by molar-refractivity contribution is 6.17. The quantitative estimate of drug-likeness (QED) is 0.143. The van der Waals surface area contributed by atoms with Gasteiger partial charge in [-0.15, -0.1) is 0 Å². The first-order valence-corrected chi connectivity index (χ1v) is 21.7. The Labute approximate surface area is 375 Å². The molecule has 12 rings (SSSR count). The van der Waals surface area contributed by atoms with Gasteiger partial charge in [0.05, 0.1) is 22.6 Å². The molecule has 0 aliphatic heterocycles. The number of rotatable bonds is 8. The third kappa shape index (κ3) is 7.00. The van der Waals surface area contributed by atoms with E-state index >= 15 is 0 Å². The summed E-state index contributed by atoms with van der Waals surface area (Å²) in [7, 11) is 0. The van der Waals surface area contributed by atoms with Crippen LogP contribution in [0.2, 0.25) is 0 Å². The topological polar surface area (TPSA) is 68.9 Å². The van der Waals surface area contributed by atoms with E-state index in [1.54, 1.807) is 0 Å². The maximum atomic E-state index is 5.45. The van der Waals surface area contributed by atoms with Gasteiger partial charge in [0.25, 0.3) is 0 Å². The molecule has 4 aromatic heterocycles. The van der Waals surface area contributed by atoms with Crippen molar-refractivity contribution >= 4 is 27.3 Å². The van der Waals surface area contributed by atoms with Gasteiger partial charge in [-0.1, -0.05) is 200 Å². The predicted octanol–water partition coefficient (Wildman–Crippen LogP) is 14.6. The van der Waals surface area contributed by atoms with Crippen LogP contribution in [-0.2, 0) is 0 Å². The normalized spacial score (nSPS) is 11.4. The Morgan fingerprint density at radius 2 is 0.723 bits per heavy atom. The van der Waals surface area contributed by atoms with Crippen LogP contribution in [0.25, 0.3) is 118 Å². The number of pyridine rings is 2. The van der Waals surface area contributed by atoms with E-state index in [1.165, 1.54) is 0 Å². The Morgan fingerprint density at radius 3 is 1.31 bits per heavy atom. The van der Waals surface area contributed by atoms with Crippen molar-refractivity contribution in [2.24, 2.45) is 0 Å². The summed E-state index contributed by atoms with van der Waals surface area (Å²) in [6, 6.07) is 77.5. The summed E-state index contributed by atoms with van der Waals surface area (Å²) in [5.41, 5.74) is 14.9. The minimum atomic E-state index is 0.587. The minimum Gasteiger partial charge on any atom is -0.298 e. The van der Waals surface area contributed by atoms with E-state index in [9.17, 15) is 0 Å². The zero-order valence-corrected chi connectivity index (χ0v) is 35.1. The Bertz CT molecular complexity index is 3580. The van der Waals surface area contributed by atoms with E-state index in [0.29, 0.717) is 17.5 Å². The Balaban J connectivity index is 1.01. The van der Waals surface area contributed by atoms with Gasteiger partial charge < -0.3 is 0 Å². The summed E-state index contributed by atoms with van der Waals surface area (Å²) in [6.07, 6.45) is 2.14. The molecule has 0 aliphatic rings. The number of aromatic nitrogens is 6. The summed E-state index contributed by atoms with van der Waals surface area (Å²) in [5, 5.41) is 3.13. The average molecular weight is 831 g/mol. The highest BCUT2D eigenvalue weighted by Crippen LogP contribution is 2.40. The minimum absolute atomic E-state index is 0.587. The predicted molar refractivity (Wildman–Crippen MR) is 265 cm³/mol. The summed E-state index contributed by atoms with van der Waals surface area (Å²) in [6.45, 7) is 0. The maximum Gasteiger partial charge on any atom is 0.164 e. The van der Waals surface area contributed by atoms with Gasteiger partial charge in [0.1, 0.15) is 5.65 Å². The van der Waals surface area contributed by atoms with Crippen LogP contribution in [0, 0.1) is 0 Å². The molecule has 0 aliphatic carbocycles. The summed E-state index contributed by atoms with van der Waals surface area (Å²) < 4.78 is 2.24. The molecule has 304 valence electrons. The first kappa shape index (κ1) is 37.9. The van der Waals surface area contributed by atoms with Crippen molar-refractivity contribution in [3.8, 4) is 90.2 Å². The molecule has 12 aromatic rings. The molecule has 0 N–H and O–H groups in total. The maximum absolute atomic E-state index is 5.45. The number of nitrogens with zero attached hydrogens (tertiary/aromatic N) is 6. The van der Waals surface area contributed by atoms with Crippen LogP contribution >= 0.6 is 0 Å². The van der Waals surface area contributed by atoms with Gasteiger partial charge in [0, 0.05) is 55.7 Å². The van der Waals surface area contributed by atoms with Crippen LogP contribution in [0.4, 0.5) is 0 Å². The van der Waals surface area contributed by atoms with Crippen molar-refractivity contribution in [3.05, 3.63) is 231 Å². The van der Waals surface area contributed by atoms with Crippen LogP contribution in [0.3, 0.4) is 0 Å².